The number of hydrogen-bond acceptors (Lipinski definition) is 3. The number of halogens is 2. The van der Waals surface area contributed by atoms with E-state index >= 15 is 0 Å². The van der Waals surface area contributed by atoms with Crippen molar-refractivity contribution in [2.24, 2.45) is 0 Å². The number of anilines is 2. The molecule has 0 aliphatic heterocycles. The van der Waals surface area contributed by atoms with E-state index in [1.165, 1.54) is 24.3 Å². The molecule has 2 rings (SSSR count). The number of nitrogens with zero attached hydrogens (tertiary/aromatic N) is 1. The van der Waals surface area contributed by atoms with Gasteiger partial charge in [-0.2, -0.15) is 5.26 Å². The first kappa shape index (κ1) is 13.8. The number of rotatable bonds is 4. The van der Waals surface area contributed by atoms with E-state index in [0.29, 0.717) is 12.3 Å². The van der Waals surface area contributed by atoms with Crippen molar-refractivity contribution in [3.8, 4) is 11.8 Å². The van der Waals surface area contributed by atoms with Gasteiger partial charge in [-0.05, 0) is 37.3 Å². The second-order valence-corrected chi connectivity index (χ2v) is 4.01. The quantitative estimate of drug-likeness (QED) is 0.917. The molecule has 0 heterocycles. The molecule has 20 heavy (non-hydrogen) atoms. The second kappa shape index (κ2) is 6.02. The highest BCUT2D eigenvalue weighted by atomic mass is 19.1. The summed E-state index contributed by atoms with van der Waals surface area (Å²) >= 11 is 0. The Morgan fingerprint density at radius 1 is 1.15 bits per heavy atom. The molecule has 0 amide bonds. The van der Waals surface area contributed by atoms with Crippen LogP contribution in [0.5, 0.6) is 5.75 Å². The summed E-state index contributed by atoms with van der Waals surface area (Å²) in [6.45, 7) is 2.13. The van der Waals surface area contributed by atoms with Gasteiger partial charge in [0.05, 0.1) is 23.9 Å². The molecule has 0 fully saturated rings. The van der Waals surface area contributed by atoms with Crippen LogP contribution in [0.25, 0.3) is 0 Å². The average molecular weight is 274 g/mol. The van der Waals surface area contributed by atoms with E-state index in [2.05, 4.69) is 5.32 Å². The zero-order valence-electron chi connectivity index (χ0n) is 10.8. The van der Waals surface area contributed by atoms with Crippen LogP contribution in [0.4, 0.5) is 20.2 Å². The molecule has 3 nitrogen and oxygen atoms in total. The summed E-state index contributed by atoms with van der Waals surface area (Å²) < 4.78 is 32.4. The third-order valence-corrected chi connectivity index (χ3v) is 2.61. The normalized spacial score (nSPS) is 9.90. The van der Waals surface area contributed by atoms with Gasteiger partial charge >= 0.3 is 0 Å². The van der Waals surface area contributed by atoms with Crippen LogP contribution in [-0.4, -0.2) is 6.61 Å². The Bertz CT molecular complexity index is 665. The lowest BCUT2D eigenvalue weighted by Gasteiger charge is -2.10. The van der Waals surface area contributed by atoms with Crippen LogP contribution in [0.2, 0.25) is 0 Å². The molecule has 0 aliphatic rings. The predicted octanol–water partition coefficient (Wildman–Crippen LogP) is 3.98. The van der Waals surface area contributed by atoms with Crippen molar-refractivity contribution in [1.82, 2.24) is 0 Å². The van der Waals surface area contributed by atoms with E-state index in [9.17, 15) is 8.78 Å². The van der Waals surface area contributed by atoms with Crippen LogP contribution >= 0.6 is 0 Å². The van der Waals surface area contributed by atoms with Crippen molar-refractivity contribution in [2.75, 3.05) is 11.9 Å². The van der Waals surface area contributed by atoms with Crippen molar-refractivity contribution in [2.45, 2.75) is 6.92 Å². The Morgan fingerprint density at radius 2 is 1.95 bits per heavy atom. The fraction of sp³-hybridized carbons (Fsp3) is 0.133. The number of nitrogens with one attached hydrogen (secondary N) is 1. The molecule has 0 bridgehead atoms. The molecule has 0 unspecified atom stereocenters. The van der Waals surface area contributed by atoms with E-state index in [1.54, 1.807) is 13.0 Å². The highest BCUT2D eigenvalue weighted by molar-refractivity contribution is 5.62. The number of hydrogen-bond donors (Lipinski definition) is 1. The van der Waals surface area contributed by atoms with Crippen LogP contribution in [0, 0.1) is 23.0 Å². The monoisotopic (exact) mass is 274 g/mol. The minimum absolute atomic E-state index is 0.151. The van der Waals surface area contributed by atoms with Crippen molar-refractivity contribution in [3.63, 3.8) is 0 Å². The minimum atomic E-state index is -0.571. The molecule has 0 aromatic heterocycles. The Labute approximate surface area is 115 Å². The van der Waals surface area contributed by atoms with Crippen LogP contribution < -0.4 is 10.1 Å². The van der Waals surface area contributed by atoms with Gasteiger partial charge in [0, 0.05) is 11.8 Å². The van der Waals surface area contributed by atoms with E-state index in [1.807, 2.05) is 6.07 Å². The molecule has 0 saturated carbocycles. The summed E-state index contributed by atoms with van der Waals surface area (Å²) in [6, 6.07) is 10.2. The highest BCUT2D eigenvalue weighted by Crippen LogP contribution is 2.25. The predicted molar refractivity (Wildman–Crippen MR) is 72.0 cm³/mol. The largest absolute Gasteiger partial charge is 0.491 e. The molecule has 0 aliphatic carbocycles. The van der Waals surface area contributed by atoms with E-state index < -0.39 is 11.6 Å². The third-order valence-electron chi connectivity index (χ3n) is 2.61. The van der Waals surface area contributed by atoms with Gasteiger partial charge in [-0.1, -0.05) is 0 Å². The summed E-state index contributed by atoms with van der Waals surface area (Å²) in [5.74, 6) is -0.942. The SMILES string of the molecule is CCOc1ccc(Nc2ccc(C#N)cc2F)cc1F. The molecule has 2 aromatic rings. The molecule has 102 valence electrons. The minimum Gasteiger partial charge on any atom is -0.491 e. The summed E-state index contributed by atoms with van der Waals surface area (Å²) in [7, 11) is 0. The van der Waals surface area contributed by atoms with Gasteiger partial charge in [0.25, 0.3) is 0 Å². The Kier molecular flexibility index (Phi) is 4.16. The molecular weight excluding hydrogens is 262 g/mol. The molecule has 5 heteroatoms. The highest BCUT2D eigenvalue weighted by Gasteiger charge is 2.07. The number of benzene rings is 2. The van der Waals surface area contributed by atoms with Crippen molar-refractivity contribution in [3.05, 3.63) is 53.6 Å². The lowest BCUT2D eigenvalue weighted by Crippen LogP contribution is -1.98. The zero-order chi connectivity index (χ0) is 14.5. The van der Waals surface area contributed by atoms with Gasteiger partial charge in [-0.3, -0.25) is 0 Å². The van der Waals surface area contributed by atoms with Gasteiger partial charge in [-0.25, -0.2) is 8.78 Å². The Morgan fingerprint density at radius 3 is 2.55 bits per heavy atom. The van der Waals surface area contributed by atoms with Crippen LogP contribution in [0.3, 0.4) is 0 Å². The zero-order valence-corrected chi connectivity index (χ0v) is 10.8. The lowest BCUT2D eigenvalue weighted by atomic mass is 10.2. The van der Waals surface area contributed by atoms with Gasteiger partial charge < -0.3 is 10.1 Å². The second-order valence-electron chi connectivity index (χ2n) is 4.01. The molecule has 1 N–H and O–H groups in total. The van der Waals surface area contributed by atoms with Crippen molar-refractivity contribution < 1.29 is 13.5 Å². The molecule has 0 radical (unpaired) electrons. The van der Waals surface area contributed by atoms with Crippen molar-refractivity contribution >= 4 is 11.4 Å². The topological polar surface area (TPSA) is 45.0 Å². The average Bonchev–Trinajstić information content (AvgIpc) is 2.44. The maximum atomic E-state index is 13.7. The van der Waals surface area contributed by atoms with Gasteiger partial charge in [0.1, 0.15) is 5.82 Å². The maximum absolute atomic E-state index is 13.7. The Balaban J connectivity index is 2.22. The fourth-order valence-electron chi connectivity index (χ4n) is 1.69. The summed E-state index contributed by atoms with van der Waals surface area (Å²) in [4.78, 5) is 0. The van der Waals surface area contributed by atoms with Gasteiger partial charge in [-0.15, -0.1) is 0 Å². The fourth-order valence-corrected chi connectivity index (χ4v) is 1.69. The maximum Gasteiger partial charge on any atom is 0.167 e. The van der Waals surface area contributed by atoms with E-state index in [-0.39, 0.29) is 17.0 Å². The molecule has 2 aromatic carbocycles. The van der Waals surface area contributed by atoms with E-state index in [4.69, 9.17) is 10.00 Å². The lowest BCUT2D eigenvalue weighted by molar-refractivity contribution is 0.321. The molecule has 0 saturated heterocycles. The standard InChI is InChI=1S/C15H12F2N2O/c1-2-20-15-6-4-11(8-13(15)17)19-14-5-3-10(9-18)7-12(14)16/h3-8,19H,2H2,1H3. The summed E-state index contributed by atoms with van der Waals surface area (Å²) in [5.41, 5.74) is 0.799. The summed E-state index contributed by atoms with van der Waals surface area (Å²) in [5, 5.41) is 11.4. The smallest absolute Gasteiger partial charge is 0.167 e. The molecular formula is C15H12F2N2O. The Hall–Kier alpha value is -2.61. The van der Waals surface area contributed by atoms with Crippen LogP contribution in [0.15, 0.2) is 36.4 Å². The number of nitriles is 1. The molecule has 0 atom stereocenters. The first-order valence-electron chi connectivity index (χ1n) is 6.03. The first-order chi connectivity index (χ1) is 9.63. The third kappa shape index (κ3) is 3.04. The van der Waals surface area contributed by atoms with Crippen molar-refractivity contribution in [1.29, 1.82) is 5.26 Å². The van der Waals surface area contributed by atoms with Crippen LogP contribution in [0.1, 0.15) is 12.5 Å². The van der Waals surface area contributed by atoms with E-state index in [0.717, 1.165) is 6.07 Å². The summed E-state index contributed by atoms with van der Waals surface area (Å²) in [6.07, 6.45) is 0. The first-order valence-corrected chi connectivity index (χ1v) is 6.03. The van der Waals surface area contributed by atoms with Gasteiger partial charge in [0.15, 0.2) is 11.6 Å². The number of ether oxygens (including phenoxy) is 1. The van der Waals surface area contributed by atoms with Crippen LogP contribution in [-0.2, 0) is 0 Å². The molecule has 0 spiro atoms. The van der Waals surface area contributed by atoms with Gasteiger partial charge in [0.2, 0.25) is 0 Å².